The molecule has 3 aromatic rings. The SMILES string of the molecule is COc1ccc(OC[C@@H](C)NC(=O)c2ccc(CN3CCc4ccccc4C3)cc2)cc1. The summed E-state index contributed by atoms with van der Waals surface area (Å²) in [5.41, 5.74) is 4.76. The van der Waals surface area contributed by atoms with E-state index in [4.69, 9.17) is 9.47 Å². The van der Waals surface area contributed by atoms with E-state index in [0.29, 0.717) is 12.2 Å². The predicted octanol–water partition coefficient (Wildman–Crippen LogP) is 4.45. The lowest BCUT2D eigenvalue weighted by atomic mass is 9.99. The number of carbonyl (C=O) groups excluding carboxylic acids is 1. The summed E-state index contributed by atoms with van der Waals surface area (Å²) in [7, 11) is 1.63. The summed E-state index contributed by atoms with van der Waals surface area (Å²) in [6.45, 7) is 5.26. The Morgan fingerprint density at radius 1 is 0.969 bits per heavy atom. The van der Waals surface area contributed by atoms with E-state index in [1.54, 1.807) is 7.11 Å². The zero-order valence-electron chi connectivity index (χ0n) is 18.7. The second-order valence-electron chi connectivity index (χ2n) is 8.29. The van der Waals surface area contributed by atoms with Crippen molar-refractivity contribution in [3.05, 3.63) is 95.1 Å². The summed E-state index contributed by atoms with van der Waals surface area (Å²) >= 11 is 0. The van der Waals surface area contributed by atoms with Gasteiger partial charge in [0.1, 0.15) is 18.1 Å². The molecule has 0 saturated heterocycles. The molecule has 0 aromatic heterocycles. The van der Waals surface area contributed by atoms with Crippen molar-refractivity contribution in [2.45, 2.75) is 32.5 Å². The molecule has 0 fully saturated rings. The number of carbonyl (C=O) groups is 1. The summed E-state index contributed by atoms with van der Waals surface area (Å²) < 4.78 is 10.9. The van der Waals surface area contributed by atoms with Crippen LogP contribution in [0.1, 0.15) is 34.0 Å². The fourth-order valence-electron chi connectivity index (χ4n) is 3.95. The summed E-state index contributed by atoms with van der Waals surface area (Å²) in [6, 6.07) is 23.9. The van der Waals surface area contributed by atoms with Gasteiger partial charge in [-0.2, -0.15) is 0 Å². The van der Waals surface area contributed by atoms with Crippen molar-refractivity contribution in [2.24, 2.45) is 0 Å². The van der Waals surface area contributed by atoms with Crippen molar-refractivity contribution >= 4 is 5.91 Å². The van der Waals surface area contributed by atoms with E-state index in [-0.39, 0.29) is 11.9 Å². The normalized spacial score (nSPS) is 14.3. The van der Waals surface area contributed by atoms with Crippen LogP contribution in [0.2, 0.25) is 0 Å². The Labute approximate surface area is 190 Å². The number of amides is 1. The van der Waals surface area contributed by atoms with Gasteiger partial charge in [-0.25, -0.2) is 0 Å². The van der Waals surface area contributed by atoms with Crippen LogP contribution in [0.25, 0.3) is 0 Å². The van der Waals surface area contributed by atoms with E-state index in [2.05, 4.69) is 34.5 Å². The molecule has 5 nitrogen and oxygen atoms in total. The lowest BCUT2D eigenvalue weighted by molar-refractivity contribution is 0.0926. The highest BCUT2D eigenvalue weighted by atomic mass is 16.5. The van der Waals surface area contributed by atoms with Gasteiger partial charge in [-0.05, 0) is 66.4 Å². The van der Waals surface area contributed by atoms with E-state index in [9.17, 15) is 4.79 Å². The Morgan fingerprint density at radius 3 is 2.38 bits per heavy atom. The van der Waals surface area contributed by atoms with E-state index in [1.165, 1.54) is 16.7 Å². The maximum atomic E-state index is 12.6. The molecule has 1 atom stereocenters. The van der Waals surface area contributed by atoms with E-state index in [1.807, 2.05) is 55.5 Å². The van der Waals surface area contributed by atoms with Crippen molar-refractivity contribution in [3.8, 4) is 11.5 Å². The van der Waals surface area contributed by atoms with Gasteiger partial charge in [-0.1, -0.05) is 36.4 Å². The Kier molecular flexibility index (Phi) is 7.07. The third-order valence-electron chi connectivity index (χ3n) is 5.77. The van der Waals surface area contributed by atoms with E-state index < -0.39 is 0 Å². The van der Waals surface area contributed by atoms with Crippen LogP contribution < -0.4 is 14.8 Å². The van der Waals surface area contributed by atoms with E-state index >= 15 is 0 Å². The van der Waals surface area contributed by atoms with Crippen LogP contribution in [0.5, 0.6) is 11.5 Å². The highest BCUT2D eigenvalue weighted by Gasteiger charge is 2.16. The Hall–Kier alpha value is -3.31. The first-order valence-electron chi connectivity index (χ1n) is 11.1. The summed E-state index contributed by atoms with van der Waals surface area (Å²) in [5, 5.41) is 3.00. The van der Waals surface area contributed by atoms with Gasteiger partial charge in [0.05, 0.1) is 13.2 Å². The van der Waals surface area contributed by atoms with Crippen molar-refractivity contribution in [3.63, 3.8) is 0 Å². The van der Waals surface area contributed by atoms with Crippen LogP contribution in [0.4, 0.5) is 0 Å². The van der Waals surface area contributed by atoms with Crippen LogP contribution in [0, 0.1) is 0 Å². The number of ether oxygens (including phenoxy) is 2. The Balaban J connectivity index is 1.25. The Morgan fingerprint density at radius 2 is 1.66 bits per heavy atom. The number of fused-ring (bicyclic) bond motifs is 1. The van der Waals surface area contributed by atoms with Gasteiger partial charge in [0.15, 0.2) is 0 Å². The molecule has 1 aliphatic rings. The molecule has 1 N–H and O–H groups in total. The zero-order chi connectivity index (χ0) is 22.3. The van der Waals surface area contributed by atoms with Crippen LogP contribution in [0.3, 0.4) is 0 Å². The maximum absolute atomic E-state index is 12.6. The molecule has 0 unspecified atom stereocenters. The molecular weight excluding hydrogens is 400 g/mol. The number of methoxy groups -OCH3 is 1. The smallest absolute Gasteiger partial charge is 0.251 e. The zero-order valence-corrected chi connectivity index (χ0v) is 18.7. The maximum Gasteiger partial charge on any atom is 0.251 e. The molecule has 0 aliphatic carbocycles. The average Bonchev–Trinajstić information content (AvgIpc) is 2.83. The summed E-state index contributed by atoms with van der Waals surface area (Å²) in [4.78, 5) is 15.0. The van der Waals surface area contributed by atoms with Crippen LogP contribution in [-0.4, -0.2) is 37.1 Å². The fraction of sp³-hybridized carbons (Fsp3) is 0.296. The number of nitrogens with zero attached hydrogens (tertiary/aromatic N) is 1. The number of rotatable bonds is 8. The minimum atomic E-state index is -0.113. The lowest BCUT2D eigenvalue weighted by Crippen LogP contribution is -2.36. The third kappa shape index (κ3) is 5.68. The van der Waals surface area contributed by atoms with Gasteiger partial charge in [0.2, 0.25) is 0 Å². The monoisotopic (exact) mass is 430 g/mol. The number of hydrogen-bond acceptors (Lipinski definition) is 4. The van der Waals surface area contributed by atoms with Crippen LogP contribution in [-0.2, 0) is 19.5 Å². The van der Waals surface area contributed by atoms with Crippen molar-refractivity contribution in [1.82, 2.24) is 10.2 Å². The molecule has 0 saturated carbocycles. The first-order valence-corrected chi connectivity index (χ1v) is 11.1. The van der Waals surface area contributed by atoms with Gasteiger partial charge in [0, 0.05) is 25.2 Å². The topological polar surface area (TPSA) is 50.8 Å². The molecule has 166 valence electrons. The molecule has 4 rings (SSSR count). The van der Waals surface area contributed by atoms with Gasteiger partial charge in [-0.3, -0.25) is 9.69 Å². The highest BCUT2D eigenvalue weighted by Crippen LogP contribution is 2.20. The van der Waals surface area contributed by atoms with Crippen molar-refractivity contribution < 1.29 is 14.3 Å². The minimum absolute atomic E-state index is 0.0886. The third-order valence-corrected chi connectivity index (χ3v) is 5.77. The van der Waals surface area contributed by atoms with Gasteiger partial charge >= 0.3 is 0 Å². The number of nitrogens with one attached hydrogen (secondary N) is 1. The summed E-state index contributed by atoms with van der Waals surface area (Å²) in [6.07, 6.45) is 1.09. The second-order valence-corrected chi connectivity index (χ2v) is 8.29. The van der Waals surface area contributed by atoms with Crippen LogP contribution in [0.15, 0.2) is 72.8 Å². The molecule has 1 aliphatic heterocycles. The molecule has 1 heterocycles. The van der Waals surface area contributed by atoms with Crippen molar-refractivity contribution in [1.29, 1.82) is 0 Å². The molecule has 0 bridgehead atoms. The first kappa shape index (κ1) is 21.9. The Bertz CT molecular complexity index is 1030. The van der Waals surface area contributed by atoms with Gasteiger partial charge in [0.25, 0.3) is 5.91 Å². The lowest BCUT2D eigenvalue weighted by Gasteiger charge is -2.28. The molecule has 5 heteroatoms. The second kappa shape index (κ2) is 10.3. The first-order chi connectivity index (χ1) is 15.6. The van der Waals surface area contributed by atoms with Gasteiger partial charge in [-0.15, -0.1) is 0 Å². The average molecular weight is 431 g/mol. The highest BCUT2D eigenvalue weighted by molar-refractivity contribution is 5.94. The summed E-state index contributed by atoms with van der Waals surface area (Å²) in [5.74, 6) is 1.44. The number of hydrogen-bond donors (Lipinski definition) is 1. The van der Waals surface area contributed by atoms with E-state index in [0.717, 1.165) is 37.6 Å². The predicted molar refractivity (Wildman–Crippen MR) is 126 cm³/mol. The molecule has 1 amide bonds. The molecule has 0 spiro atoms. The fourth-order valence-corrected chi connectivity index (χ4v) is 3.95. The molecule has 3 aromatic carbocycles. The number of benzene rings is 3. The standard InChI is InChI=1S/C27H30N2O3/c1-20(19-32-26-13-11-25(31-2)12-14-26)28-27(30)23-9-7-21(8-10-23)17-29-16-15-22-5-3-4-6-24(22)18-29/h3-14,20H,15-19H2,1-2H3,(H,28,30)/t20-/m1/s1. The molecule has 0 radical (unpaired) electrons. The molecule has 32 heavy (non-hydrogen) atoms. The van der Waals surface area contributed by atoms with Gasteiger partial charge < -0.3 is 14.8 Å². The largest absolute Gasteiger partial charge is 0.497 e. The molecular formula is C27H30N2O3. The van der Waals surface area contributed by atoms with Crippen molar-refractivity contribution in [2.75, 3.05) is 20.3 Å². The van der Waals surface area contributed by atoms with Crippen LogP contribution >= 0.6 is 0 Å². The minimum Gasteiger partial charge on any atom is -0.497 e. The quantitative estimate of drug-likeness (QED) is 0.574.